The van der Waals surface area contributed by atoms with Crippen molar-refractivity contribution < 1.29 is 9.53 Å². The van der Waals surface area contributed by atoms with Crippen molar-refractivity contribution in [2.75, 3.05) is 11.9 Å². The van der Waals surface area contributed by atoms with E-state index >= 15 is 0 Å². The molecule has 1 aliphatic heterocycles. The van der Waals surface area contributed by atoms with E-state index in [1.165, 1.54) is 11.8 Å². The minimum atomic E-state index is -0.289. The van der Waals surface area contributed by atoms with Crippen LogP contribution in [0.15, 0.2) is 54.7 Å². The van der Waals surface area contributed by atoms with Crippen LogP contribution in [0.5, 0.6) is 0 Å². The molecule has 3 heterocycles. The second-order valence-corrected chi connectivity index (χ2v) is 10.1. The lowest BCUT2D eigenvalue weighted by Gasteiger charge is -2.23. The molecule has 1 amide bonds. The lowest BCUT2D eigenvalue weighted by atomic mass is 10.0. The summed E-state index contributed by atoms with van der Waals surface area (Å²) in [6.07, 6.45) is 5.62. The maximum Gasteiger partial charge on any atom is 0.274 e. The second kappa shape index (κ2) is 9.45. The van der Waals surface area contributed by atoms with Crippen LogP contribution in [0.25, 0.3) is 10.9 Å². The summed E-state index contributed by atoms with van der Waals surface area (Å²) in [6.45, 7) is 4.41. The van der Waals surface area contributed by atoms with Crippen molar-refractivity contribution in [2.24, 2.45) is 0 Å². The molecule has 2 aliphatic rings. The van der Waals surface area contributed by atoms with Gasteiger partial charge < -0.3 is 10.1 Å². The van der Waals surface area contributed by atoms with Crippen molar-refractivity contribution in [2.45, 2.75) is 57.6 Å². The Morgan fingerprint density at radius 2 is 1.95 bits per heavy atom. The van der Waals surface area contributed by atoms with Gasteiger partial charge in [-0.3, -0.25) is 4.79 Å². The van der Waals surface area contributed by atoms with E-state index in [2.05, 4.69) is 40.6 Å². The number of ether oxygens (including phenoxy) is 1. The zero-order valence-electron chi connectivity index (χ0n) is 21.1. The van der Waals surface area contributed by atoms with Gasteiger partial charge in [-0.05, 0) is 80.3 Å². The summed E-state index contributed by atoms with van der Waals surface area (Å²) in [5, 5.41) is 18.4. The highest BCUT2D eigenvalue weighted by Gasteiger charge is 2.42. The van der Waals surface area contributed by atoms with E-state index in [4.69, 9.17) is 9.84 Å². The molecule has 7 heteroatoms. The Hall–Kier alpha value is -4.02. The molecule has 6 rings (SSSR count). The Morgan fingerprint density at radius 1 is 1.11 bits per heavy atom. The number of carbonyl (C=O) groups is 1. The number of pyridine rings is 1. The van der Waals surface area contributed by atoms with Crippen LogP contribution in [0.3, 0.4) is 0 Å². The first kappa shape index (κ1) is 23.4. The number of nitrogens with one attached hydrogen (secondary N) is 1. The third-order valence-corrected chi connectivity index (χ3v) is 7.77. The van der Waals surface area contributed by atoms with Gasteiger partial charge in [-0.15, -0.1) is 0 Å². The molecule has 1 saturated carbocycles. The quantitative estimate of drug-likeness (QED) is 0.362. The van der Waals surface area contributed by atoms with Crippen LogP contribution < -0.4 is 5.32 Å². The lowest BCUT2D eigenvalue weighted by Crippen LogP contribution is -2.19. The largest absolute Gasteiger partial charge is 0.356 e. The summed E-state index contributed by atoms with van der Waals surface area (Å²) in [6, 6.07) is 18.7. The molecule has 0 spiro atoms. The standard InChI is InChI=1S/C30H29N5O2/c1-18-19(2)28(32-17-21(18)16-31)30(36)33-22-11-12-26-25(14-22)29(34-35(26)27-10-6-7-13-37-27)24-15-23(24)20-8-4-3-5-9-20/h3-5,8-9,11-12,14,17,23-24,27H,6-7,10,13,15H2,1-2H3,(H,33,36). The lowest BCUT2D eigenvalue weighted by molar-refractivity contribution is -0.0368. The normalized spacial score (nSPS) is 20.9. The molecule has 1 N–H and O–H groups in total. The molecule has 2 fully saturated rings. The highest BCUT2D eigenvalue weighted by molar-refractivity contribution is 6.05. The molecule has 3 unspecified atom stereocenters. The van der Waals surface area contributed by atoms with E-state index in [1.54, 1.807) is 0 Å². The number of nitriles is 1. The number of rotatable bonds is 5. The fraction of sp³-hybridized carbons (Fsp3) is 0.333. The minimum absolute atomic E-state index is 0.0622. The van der Waals surface area contributed by atoms with Gasteiger partial charge in [-0.1, -0.05) is 30.3 Å². The number of anilines is 1. The minimum Gasteiger partial charge on any atom is -0.356 e. The van der Waals surface area contributed by atoms with Crippen molar-refractivity contribution in [1.29, 1.82) is 5.26 Å². The Morgan fingerprint density at radius 3 is 2.70 bits per heavy atom. The molecule has 1 saturated heterocycles. The summed E-state index contributed by atoms with van der Waals surface area (Å²) >= 11 is 0. The number of hydrogen-bond donors (Lipinski definition) is 1. The highest BCUT2D eigenvalue weighted by atomic mass is 16.5. The summed E-state index contributed by atoms with van der Waals surface area (Å²) in [7, 11) is 0. The van der Waals surface area contributed by atoms with Crippen molar-refractivity contribution in [1.82, 2.24) is 14.8 Å². The van der Waals surface area contributed by atoms with Gasteiger partial charge in [0.05, 0.1) is 16.8 Å². The van der Waals surface area contributed by atoms with Crippen molar-refractivity contribution >= 4 is 22.5 Å². The number of benzene rings is 2. The summed E-state index contributed by atoms with van der Waals surface area (Å²) in [4.78, 5) is 17.4. The SMILES string of the molecule is Cc1c(C#N)cnc(C(=O)Nc2ccc3c(c2)c(C2CC2c2ccccc2)nn3C2CCCCO2)c1C. The predicted molar refractivity (Wildman–Crippen MR) is 141 cm³/mol. The van der Waals surface area contributed by atoms with E-state index in [1.807, 2.05) is 42.8 Å². The van der Waals surface area contributed by atoms with E-state index < -0.39 is 0 Å². The Bertz CT molecular complexity index is 1530. The molecule has 186 valence electrons. The van der Waals surface area contributed by atoms with E-state index in [0.717, 1.165) is 54.5 Å². The first-order valence-electron chi connectivity index (χ1n) is 12.9. The van der Waals surface area contributed by atoms with E-state index in [-0.39, 0.29) is 12.1 Å². The van der Waals surface area contributed by atoms with Gasteiger partial charge in [-0.25, -0.2) is 9.67 Å². The molecule has 1 aliphatic carbocycles. The predicted octanol–water partition coefficient (Wildman–Crippen LogP) is 6.14. The fourth-order valence-electron chi connectivity index (χ4n) is 5.45. The zero-order chi connectivity index (χ0) is 25.5. The molecule has 3 atom stereocenters. The van der Waals surface area contributed by atoms with Crippen LogP contribution in [-0.2, 0) is 4.74 Å². The monoisotopic (exact) mass is 491 g/mol. The van der Waals surface area contributed by atoms with Gasteiger partial charge in [-0.2, -0.15) is 10.4 Å². The molecule has 0 radical (unpaired) electrons. The number of aromatic nitrogens is 3. The first-order chi connectivity index (χ1) is 18.0. The van der Waals surface area contributed by atoms with Gasteiger partial charge >= 0.3 is 0 Å². The maximum absolute atomic E-state index is 13.1. The molecule has 4 aromatic rings. The first-order valence-corrected chi connectivity index (χ1v) is 12.9. The molecule has 37 heavy (non-hydrogen) atoms. The number of fused-ring (bicyclic) bond motifs is 1. The average molecular weight is 492 g/mol. The molecule has 2 aromatic heterocycles. The zero-order valence-corrected chi connectivity index (χ0v) is 21.1. The van der Waals surface area contributed by atoms with Crippen molar-refractivity contribution in [3.05, 3.63) is 88.4 Å². The topological polar surface area (TPSA) is 92.8 Å². The third-order valence-electron chi connectivity index (χ3n) is 7.77. The summed E-state index contributed by atoms with van der Waals surface area (Å²) in [5.74, 6) is 0.500. The number of hydrogen-bond acceptors (Lipinski definition) is 5. The Kier molecular flexibility index (Phi) is 5.97. The van der Waals surface area contributed by atoms with Crippen molar-refractivity contribution in [3.63, 3.8) is 0 Å². The van der Waals surface area contributed by atoms with Crippen LogP contribution in [0.1, 0.15) is 82.2 Å². The van der Waals surface area contributed by atoms with Crippen LogP contribution in [0.4, 0.5) is 5.69 Å². The van der Waals surface area contributed by atoms with Gasteiger partial charge in [0.2, 0.25) is 0 Å². The van der Waals surface area contributed by atoms with Crippen LogP contribution in [0.2, 0.25) is 0 Å². The smallest absolute Gasteiger partial charge is 0.274 e. The molecular weight excluding hydrogens is 462 g/mol. The number of amides is 1. The highest BCUT2D eigenvalue weighted by Crippen LogP contribution is 2.55. The van der Waals surface area contributed by atoms with Gasteiger partial charge in [0.15, 0.2) is 6.23 Å². The Balaban J connectivity index is 1.35. The second-order valence-electron chi connectivity index (χ2n) is 10.1. The van der Waals surface area contributed by atoms with Gasteiger partial charge in [0.1, 0.15) is 11.8 Å². The number of carbonyl (C=O) groups excluding carboxylic acids is 1. The van der Waals surface area contributed by atoms with E-state index in [9.17, 15) is 10.1 Å². The molecule has 7 nitrogen and oxygen atoms in total. The fourth-order valence-corrected chi connectivity index (χ4v) is 5.45. The Labute approximate surface area is 216 Å². The van der Waals surface area contributed by atoms with Crippen LogP contribution >= 0.6 is 0 Å². The van der Waals surface area contributed by atoms with E-state index in [0.29, 0.717) is 34.3 Å². The van der Waals surface area contributed by atoms with Crippen LogP contribution in [-0.4, -0.2) is 27.3 Å². The average Bonchev–Trinajstić information content (AvgIpc) is 3.64. The van der Waals surface area contributed by atoms with Crippen LogP contribution in [0, 0.1) is 25.2 Å². The molecular formula is C30H29N5O2. The molecule has 2 aromatic carbocycles. The van der Waals surface area contributed by atoms with Gasteiger partial charge in [0, 0.05) is 29.8 Å². The molecule has 0 bridgehead atoms. The number of nitrogens with zero attached hydrogens (tertiary/aromatic N) is 4. The van der Waals surface area contributed by atoms with Crippen molar-refractivity contribution in [3.8, 4) is 6.07 Å². The third kappa shape index (κ3) is 4.28. The maximum atomic E-state index is 13.1. The summed E-state index contributed by atoms with van der Waals surface area (Å²) in [5.41, 5.74) is 6.43. The van der Waals surface area contributed by atoms with Gasteiger partial charge in [0.25, 0.3) is 5.91 Å². The summed E-state index contributed by atoms with van der Waals surface area (Å²) < 4.78 is 8.14.